The van der Waals surface area contributed by atoms with E-state index in [1.807, 2.05) is 30.8 Å². The van der Waals surface area contributed by atoms with Gasteiger partial charge >= 0.3 is 0 Å². The van der Waals surface area contributed by atoms with E-state index in [1.165, 1.54) is 23.9 Å². The topological polar surface area (TPSA) is 56.1 Å². The van der Waals surface area contributed by atoms with Crippen molar-refractivity contribution < 1.29 is 13.9 Å². The Labute approximate surface area is 155 Å². The van der Waals surface area contributed by atoms with E-state index in [1.54, 1.807) is 31.5 Å². The summed E-state index contributed by atoms with van der Waals surface area (Å²) in [7, 11) is 3.42. The van der Waals surface area contributed by atoms with Crippen molar-refractivity contribution in [1.29, 1.82) is 0 Å². The van der Waals surface area contributed by atoms with Gasteiger partial charge in [0.05, 0.1) is 12.8 Å². The third-order valence-electron chi connectivity index (χ3n) is 3.84. The number of methoxy groups -OCH3 is 1. The van der Waals surface area contributed by atoms with Crippen LogP contribution in [0.1, 0.15) is 15.9 Å². The summed E-state index contributed by atoms with van der Waals surface area (Å²) in [6, 6.07) is 9.46. The number of nitrogens with one attached hydrogen (secondary N) is 1. The molecular weight excluding hydrogens is 353 g/mol. The van der Waals surface area contributed by atoms with E-state index in [0.29, 0.717) is 21.9 Å². The number of aryl methyl sites for hydroxylation is 2. The summed E-state index contributed by atoms with van der Waals surface area (Å²) in [6.07, 6.45) is 3.51. The molecule has 1 aromatic heterocycles. The number of ether oxygens (including phenoxy) is 1. The smallest absolute Gasteiger partial charge is 0.255 e. The Morgan fingerprint density at radius 1 is 1.27 bits per heavy atom. The van der Waals surface area contributed by atoms with Crippen molar-refractivity contribution in [2.75, 3.05) is 12.4 Å². The number of anilines is 1. The van der Waals surface area contributed by atoms with Gasteiger partial charge in [-0.25, -0.2) is 9.37 Å². The van der Waals surface area contributed by atoms with Gasteiger partial charge in [-0.2, -0.15) is 0 Å². The van der Waals surface area contributed by atoms with Gasteiger partial charge in [-0.15, -0.1) is 0 Å². The van der Waals surface area contributed by atoms with Gasteiger partial charge < -0.3 is 14.6 Å². The number of hydrogen-bond acceptors (Lipinski definition) is 4. The maximum absolute atomic E-state index is 13.7. The van der Waals surface area contributed by atoms with E-state index >= 15 is 0 Å². The molecule has 2 aromatic carbocycles. The van der Waals surface area contributed by atoms with Gasteiger partial charge in [-0.3, -0.25) is 4.79 Å². The summed E-state index contributed by atoms with van der Waals surface area (Å²) in [5, 5.41) is 3.52. The van der Waals surface area contributed by atoms with Crippen LogP contribution < -0.4 is 10.1 Å². The normalized spacial score (nSPS) is 10.6. The number of nitrogens with zero attached hydrogens (tertiary/aromatic N) is 2. The Bertz CT molecular complexity index is 956. The molecule has 0 atom stereocenters. The fourth-order valence-electron chi connectivity index (χ4n) is 2.39. The van der Waals surface area contributed by atoms with Crippen molar-refractivity contribution in [3.05, 3.63) is 65.7 Å². The first-order valence-electron chi connectivity index (χ1n) is 7.88. The number of hydrogen-bond donors (Lipinski definition) is 1. The van der Waals surface area contributed by atoms with Crippen LogP contribution >= 0.6 is 11.8 Å². The molecule has 0 unspecified atom stereocenters. The standard InChI is InChI=1S/C19H18FN3O2S/c1-12-4-5-13(10-16(12)25-3)18(24)22-15-11-14(20)6-7-17(15)26-19-21-8-9-23(19)2/h4-11H,1-3H3,(H,22,24). The minimum Gasteiger partial charge on any atom is -0.496 e. The largest absolute Gasteiger partial charge is 0.496 e. The van der Waals surface area contributed by atoms with Gasteiger partial charge in [0.25, 0.3) is 5.91 Å². The second-order valence-electron chi connectivity index (χ2n) is 5.70. The van der Waals surface area contributed by atoms with E-state index in [-0.39, 0.29) is 5.91 Å². The van der Waals surface area contributed by atoms with Crippen LogP contribution in [0.2, 0.25) is 0 Å². The van der Waals surface area contributed by atoms with Crippen LogP contribution in [0.3, 0.4) is 0 Å². The molecular formula is C19H18FN3O2S. The third-order valence-corrected chi connectivity index (χ3v) is 4.99. The van der Waals surface area contributed by atoms with Crippen LogP contribution in [-0.2, 0) is 7.05 Å². The minimum atomic E-state index is -0.425. The Morgan fingerprint density at radius 3 is 2.77 bits per heavy atom. The van der Waals surface area contributed by atoms with Gasteiger partial charge in [0.15, 0.2) is 5.16 Å². The molecule has 0 spiro atoms. The highest BCUT2D eigenvalue weighted by molar-refractivity contribution is 7.99. The van der Waals surface area contributed by atoms with Gasteiger partial charge in [0.1, 0.15) is 11.6 Å². The molecule has 0 aliphatic heterocycles. The van der Waals surface area contributed by atoms with E-state index in [4.69, 9.17) is 4.74 Å². The van der Waals surface area contributed by atoms with Crippen LogP contribution in [0.4, 0.5) is 10.1 Å². The lowest BCUT2D eigenvalue weighted by Crippen LogP contribution is -2.13. The summed E-state index contributed by atoms with van der Waals surface area (Å²) < 4.78 is 20.8. The molecule has 1 amide bonds. The van der Waals surface area contributed by atoms with Crippen LogP contribution in [-0.4, -0.2) is 22.6 Å². The average molecular weight is 371 g/mol. The SMILES string of the molecule is COc1cc(C(=O)Nc2cc(F)ccc2Sc2nccn2C)ccc1C. The molecule has 0 saturated heterocycles. The zero-order valence-electron chi connectivity index (χ0n) is 14.6. The van der Waals surface area contributed by atoms with E-state index in [0.717, 1.165) is 10.7 Å². The Balaban J connectivity index is 1.88. The van der Waals surface area contributed by atoms with Crippen molar-refractivity contribution in [2.45, 2.75) is 17.0 Å². The van der Waals surface area contributed by atoms with Gasteiger partial charge in [0, 0.05) is 29.9 Å². The molecule has 0 saturated carbocycles. The Hall–Kier alpha value is -2.80. The number of rotatable bonds is 5. The van der Waals surface area contributed by atoms with Crippen LogP contribution in [0.15, 0.2) is 58.8 Å². The second kappa shape index (κ2) is 7.61. The lowest BCUT2D eigenvalue weighted by atomic mass is 10.1. The molecule has 0 fully saturated rings. The fraction of sp³-hybridized carbons (Fsp3) is 0.158. The number of carbonyl (C=O) groups excluding carboxylic acids is 1. The predicted molar refractivity (Wildman–Crippen MR) is 99.4 cm³/mol. The summed E-state index contributed by atoms with van der Waals surface area (Å²) in [4.78, 5) is 17.6. The zero-order chi connectivity index (χ0) is 18.7. The number of benzene rings is 2. The van der Waals surface area contributed by atoms with Crippen LogP contribution in [0.25, 0.3) is 0 Å². The summed E-state index contributed by atoms with van der Waals surface area (Å²) in [5.74, 6) is -0.138. The van der Waals surface area contributed by atoms with Crippen molar-refractivity contribution in [1.82, 2.24) is 9.55 Å². The molecule has 3 aromatic rings. The molecule has 0 bridgehead atoms. The average Bonchev–Trinajstić information content (AvgIpc) is 3.02. The minimum absolute atomic E-state index is 0.337. The van der Waals surface area contributed by atoms with Crippen molar-refractivity contribution in [3.8, 4) is 5.75 Å². The molecule has 1 N–H and O–H groups in total. The molecule has 26 heavy (non-hydrogen) atoms. The highest BCUT2D eigenvalue weighted by Crippen LogP contribution is 2.33. The summed E-state index contributed by atoms with van der Waals surface area (Å²) >= 11 is 1.35. The molecule has 1 heterocycles. The number of imidazole rings is 1. The lowest BCUT2D eigenvalue weighted by molar-refractivity contribution is 0.102. The molecule has 0 radical (unpaired) electrons. The van der Waals surface area contributed by atoms with E-state index in [2.05, 4.69) is 10.3 Å². The zero-order valence-corrected chi connectivity index (χ0v) is 15.4. The number of amides is 1. The first-order chi connectivity index (χ1) is 12.5. The monoisotopic (exact) mass is 371 g/mol. The highest BCUT2D eigenvalue weighted by Gasteiger charge is 2.14. The van der Waals surface area contributed by atoms with Gasteiger partial charge in [0.2, 0.25) is 0 Å². The molecule has 134 valence electrons. The van der Waals surface area contributed by atoms with Gasteiger partial charge in [-0.05, 0) is 54.6 Å². The summed E-state index contributed by atoms with van der Waals surface area (Å²) in [5.41, 5.74) is 1.76. The maximum atomic E-state index is 13.7. The Morgan fingerprint density at radius 2 is 2.08 bits per heavy atom. The quantitative estimate of drug-likeness (QED) is 0.727. The molecule has 0 aliphatic rings. The Kier molecular flexibility index (Phi) is 5.27. The van der Waals surface area contributed by atoms with Gasteiger partial charge in [-0.1, -0.05) is 6.07 Å². The first kappa shape index (κ1) is 18.0. The van der Waals surface area contributed by atoms with E-state index < -0.39 is 5.82 Å². The highest BCUT2D eigenvalue weighted by atomic mass is 32.2. The lowest BCUT2D eigenvalue weighted by Gasteiger charge is -2.12. The third kappa shape index (κ3) is 3.88. The second-order valence-corrected chi connectivity index (χ2v) is 6.71. The van der Waals surface area contributed by atoms with Crippen LogP contribution in [0, 0.1) is 12.7 Å². The van der Waals surface area contributed by atoms with E-state index in [9.17, 15) is 9.18 Å². The number of halogens is 1. The first-order valence-corrected chi connectivity index (χ1v) is 8.70. The summed E-state index contributed by atoms with van der Waals surface area (Å²) in [6.45, 7) is 1.90. The van der Waals surface area contributed by atoms with Crippen molar-refractivity contribution in [2.24, 2.45) is 7.05 Å². The van der Waals surface area contributed by atoms with Crippen molar-refractivity contribution in [3.63, 3.8) is 0 Å². The molecule has 0 aliphatic carbocycles. The fourth-order valence-corrected chi connectivity index (χ4v) is 3.26. The molecule has 3 rings (SSSR count). The predicted octanol–water partition coefficient (Wildman–Crippen LogP) is 4.28. The molecule has 7 heteroatoms. The number of aromatic nitrogens is 2. The van der Waals surface area contributed by atoms with Crippen molar-refractivity contribution >= 4 is 23.4 Å². The van der Waals surface area contributed by atoms with Crippen LogP contribution in [0.5, 0.6) is 5.75 Å². The maximum Gasteiger partial charge on any atom is 0.255 e. The number of carbonyl (C=O) groups is 1. The molecule has 5 nitrogen and oxygen atoms in total.